The molecule has 1 fully saturated rings. The van der Waals surface area contributed by atoms with Crippen LogP contribution in [0.4, 0.5) is 0 Å². The zero-order valence-corrected chi connectivity index (χ0v) is 13.3. The number of aryl methyl sites for hydroxylation is 2. The Balaban J connectivity index is 2.03. The van der Waals surface area contributed by atoms with Crippen molar-refractivity contribution in [2.45, 2.75) is 65.5 Å². The fraction of sp³-hybridized carbons (Fsp3) is 0.556. The van der Waals surface area contributed by atoms with Crippen molar-refractivity contribution in [3.63, 3.8) is 0 Å². The molecule has 0 spiro atoms. The predicted molar refractivity (Wildman–Crippen MR) is 84.2 cm³/mol. The topological polar surface area (TPSA) is 25.2 Å². The summed E-state index contributed by atoms with van der Waals surface area (Å²) in [4.78, 5) is 0. The van der Waals surface area contributed by atoms with Crippen LogP contribution in [0.2, 0.25) is 0 Å². The summed E-state index contributed by atoms with van der Waals surface area (Å²) in [5.41, 5.74) is 5.15. The molecule has 0 atom stereocenters. The molecule has 2 nitrogen and oxygen atoms in total. The van der Waals surface area contributed by atoms with Crippen molar-refractivity contribution in [3.05, 3.63) is 34.6 Å². The van der Waals surface area contributed by atoms with Crippen LogP contribution in [0.5, 0.6) is 0 Å². The molecule has 2 heteroatoms. The van der Waals surface area contributed by atoms with Crippen LogP contribution in [0.1, 0.15) is 56.1 Å². The van der Waals surface area contributed by atoms with Gasteiger partial charge in [0.1, 0.15) is 11.3 Å². The molecule has 3 rings (SSSR count). The van der Waals surface area contributed by atoms with E-state index in [-0.39, 0.29) is 5.41 Å². The van der Waals surface area contributed by atoms with E-state index < -0.39 is 0 Å². The third-order valence-electron chi connectivity index (χ3n) is 4.32. The maximum Gasteiger partial charge on any atom is 0.137 e. The minimum atomic E-state index is 0.176. The molecule has 0 bridgehead atoms. The zero-order chi connectivity index (χ0) is 14.5. The lowest BCUT2D eigenvalue weighted by molar-refractivity contribution is 0.507. The molecule has 0 aliphatic heterocycles. The Morgan fingerprint density at radius 2 is 1.90 bits per heavy atom. The first kappa shape index (κ1) is 13.7. The highest BCUT2D eigenvalue weighted by Crippen LogP contribution is 2.33. The van der Waals surface area contributed by atoms with Crippen molar-refractivity contribution < 1.29 is 4.42 Å². The molecule has 0 amide bonds. The van der Waals surface area contributed by atoms with Crippen molar-refractivity contribution in [3.8, 4) is 0 Å². The number of rotatable bonds is 3. The second-order valence-corrected chi connectivity index (χ2v) is 7.23. The molecule has 1 aliphatic carbocycles. The standard InChI is InChI=1S/C18H25NO/c1-11-8-13(18(3,4)5)9-15-12(2)16(20-17(11)15)10-19-14-6-7-14/h8-9,14,19H,6-7,10H2,1-5H3. The van der Waals surface area contributed by atoms with Crippen molar-refractivity contribution in [1.82, 2.24) is 5.32 Å². The Hall–Kier alpha value is -1.28. The number of nitrogens with one attached hydrogen (secondary N) is 1. The second kappa shape index (κ2) is 4.63. The van der Waals surface area contributed by atoms with Gasteiger partial charge in [0.2, 0.25) is 0 Å². The number of furan rings is 1. The molecular weight excluding hydrogens is 246 g/mol. The van der Waals surface area contributed by atoms with Gasteiger partial charge in [-0.1, -0.05) is 26.8 Å². The third kappa shape index (κ3) is 2.49. The smallest absolute Gasteiger partial charge is 0.137 e. The van der Waals surface area contributed by atoms with Crippen molar-refractivity contribution in [2.75, 3.05) is 0 Å². The molecule has 1 aromatic heterocycles. The van der Waals surface area contributed by atoms with E-state index in [0.717, 1.165) is 17.9 Å². The van der Waals surface area contributed by atoms with Crippen molar-refractivity contribution in [2.24, 2.45) is 0 Å². The van der Waals surface area contributed by atoms with Gasteiger partial charge >= 0.3 is 0 Å². The van der Waals surface area contributed by atoms with Crippen LogP contribution in [0.3, 0.4) is 0 Å². The Kier molecular flexibility index (Phi) is 3.17. The molecule has 1 N–H and O–H groups in total. The number of fused-ring (bicyclic) bond motifs is 1. The SMILES string of the molecule is Cc1c(CNC2CC2)oc2c(C)cc(C(C)(C)C)cc12. The van der Waals surface area contributed by atoms with Crippen LogP contribution in [-0.2, 0) is 12.0 Å². The molecule has 0 saturated heterocycles. The average Bonchev–Trinajstić information content (AvgIpc) is 3.12. The Bertz CT molecular complexity index is 641. The Morgan fingerprint density at radius 1 is 1.20 bits per heavy atom. The van der Waals surface area contributed by atoms with E-state index >= 15 is 0 Å². The van der Waals surface area contributed by atoms with Crippen LogP contribution in [0.15, 0.2) is 16.5 Å². The maximum atomic E-state index is 6.11. The molecule has 2 aromatic rings. The van der Waals surface area contributed by atoms with Gasteiger partial charge in [-0.15, -0.1) is 0 Å². The lowest BCUT2D eigenvalue weighted by Crippen LogP contribution is -2.15. The first-order valence-electron chi connectivity index (χ1n) is 7.63. The first-order valence-corrected chi connectivity index (χ1v) is 7.63. The van der Waals surface area contributed by atoms with Gasteiger partial charge in [0.15, 0.2) is 0 Å². The van der Waals surface area contributed by atoms with E-state index in [9.17, 15) is 0 Å². The largest absolute Gasteiger partial charge is 0.459 e. The normalized spacial score (nSPS) is 16.1. The molecule has 0 unspecified atom stereocenters. The van der Waals surface area contributed by atoms with Gasteiger partial charge in [0.25, 0.3) is 0 Å². The first-order chi connectivity index (χ1) is 9.36. The van der Waals surface area contributed by atoms with E-state index in [4.69, 9.17) is 4.42 Å². The highest BCUT2D eigenvalue weighted by molar-refractivity contribution is 5.85. The van der Waals surface area contributed by atoms with E-state index in [0.29, 0.717) is 6.04 Å². The summed E-state index contributed by atoms with van der Waals surface area (Å²) in [7, 11) is 0. The lowest BCUT2D eigenvalue weighted by atomic mass is 9.85. The highest BCUT2D eigenvalue weighted by atomic mass is 16.3. The minimum Gasteiger partial charge on any atom is -0.459 e. The van der Waals surface area contributed by atoms with Gasteiger partial charge in [-0.3, -0.25) is 0 Å². The average molecular weight is 271 g/mol. The molecule has 0 radical (unpaired) electrons. The number of benzene rings is 1. The summed E-state index contributed by atoms with van der Waals surface area (Å²) in [6, 6.07) is 5.29. The fourth-order valence-corrected chi connectivity index (χ4v) is 2.66. The van der Waals surface area contributed by atoms with Crippen molar-refractivity contribution >= 4 is 11.0 Å². The third-order valence-corrected chi connectivity index (χ3v) is 4.32. The molecule has 1 aromatic carbocycles. The number of hydrogen-bond donors (Lipinski definition) is 1. The van der Waals surface area contributed by atoms with E-state index in [1.54, 1.807) is 0 Å². The Labute approximate surface area is 121 Å². The fourth-order valence-electron chi connectivity index (χ4n) is 2.66. The minimum absolute atomic E-state index is 0.176. The quantitative estimate of drug-likeness (QED) is 0.882. The molecule has 1 saturated carbocycles. The van der Waals surface area contributed by atoms with Gasteiger partial charge in [-0.05, 0) is 54.9 Å². The molecular formula is C18H25NO. The highest BCUT2D eigenvalue weighted by Gasteiger charge is 2.23. The summed E-state index contributed by atoms with van der Waals surface area (Å²) in [6.45, 7) is 12.0. The summed E-state index contributed by atoms with van der Waals surface area (Å²) < 4.78 is 6.11. The molecule has 108 valence electrons. The van der Waals surface area contributed by atoms with Crippen LogP contribution < -0.4 is 5.32 Å². The van der Waals surface area contributed by atoms with Gasteiger partial charge in [-0.25, -0.2) is 0 Å². The van der Waals surface area contributed by atoms with Crippen LogP contribution in [-0.4, -0.2) is 6.04 Å². The van der Waals surface area contributed by atoms with Crippen molar-refractivity contribution in [1.29, 1.82) is 0 Å². The van der Waals surface area contributed by atoms with Gasteiger partial charge in [0, 0.05) is 11.4 Å². The van der Waals surface area contributed by atoms with E-state index in [1.807, 2.05) is 0 Å². The zero-order valence-electron chi connectivity index (χ0n) is 13.3. The van der Waals surface area contributed by atoms with Crippen LogP contribution in [0, 0.1) is 13.8 Å². The lowest BCUT2D eigenvalue weighted by Gasteiger charge is -2.19. The van der Waals surface area contributed by atoms with E-state index in [2.05, 4.69) is 52.1 Å². The predicted octanol–water partition coefficient (Wildman–Crippen LogP) is 4.60. The molecule has 1 heterocycles. The Morgan fingerprint density at radius 3 is 2.50 bits per heavy atom. The van der Waals surface area contributed by atoms with E-state index in [1.165, 1.54) is 34.9 Å². The summed E-state index contributed by atoms with van der Waals surface area (Å²) in [6.07, 6.45) is 2.62. The van der Waals surface area contributed by atoms with Crippen LogP contribution >= 0.6 is 0 Å². The van der Waals surface area contributed by atoms with Gasteiger partial charge < -0.3 is 9.73 Å². The van der Waals surface area contributed by atoms with Gasteiger partial charge in [0.05, 0.1) is 6.54 Å². The molecule has 20 heavy (non-hydrogen) atoms. The molecule has 1 aliphatic rings. The second-order valence-electron chi connectivity index (χ2n) is 7.23. The summed E-state index contributed by atoms with van der Waals surface area (Å²) in [5, 5.41) is 4.83. The summed E-state index contributed by atoms with van der Waals surface area (Å²) in [5.74, 6) is 1.10. The van der Waals surface area contributed by atoms with Gasteiger partial charge in [-0.2, -0.15) is 0 Å². The summed E-state index contributed by atoms with van der Waals surface area (Å²) >= 11 is 0. The number of hydrogen-bond acceptors (Lipinski definition) is 2. The van der Waals surface area contributed by atoms with Crippen LogP contribution in [0.25, 0.3) is 11.0 Å². The maximum absolute atomic E-state index is 6.11. The monoisotopic (exact) mass is 271 g/mol.